The van der Waals surface area contributed by atoms with Gasteiger partial charge in [0.2, 0.25) is 19.7 Å². The van der Waals surface area contributed by atoms with E-state index >= 15 is 0 Å². The Morgan fingerprint density at radius 2 is 0.690 bits per heavy atom. The zero-order valence-corrected chi connectivity index (χ0v) is 85.3. The minimum absolute atomic E-state index is 0.00103. The predicted octanol–water partition coefficient (Wildman–Crippen LogP) is 4.20. The quantitative estimate of drug-likeness (QED) is 0.0145. The molecule has 0 radical (unpaired) electrons. The Kier molecular flexibility index (Phi) is 44.4. The van der Waals surface area contributed by atoms with Crippen molar-refractivity contribution < 1.29 is 147 Å². The number of nitrogens with one attached hydrogen (secondary N) is 5. The van der Waals surface area contributed by atoms with Crippen molar-refractivity contribution in [3.63, 3.8) is 0 Å². The monoisotopic (exact) mass is 2260 g/mol. The van der Waals surface area contributed by atoms with Crippen LogP contribution in [0, 0.1) is 0 Å². The first-order valence-corrected chi connectivity index (χ1v) is 58.9. The molecule has 0 fully saturated rings. The van der Waals surface area contributed by atoms with Gasteiger partial charge in [0.25, 0.3) is 20.2 Å². The Balaban J connectivity index is 0.000000304. The van der Waals surface area contributed by atoms with E-state index < -0.39 is 186 Å². The fourth-order valence-electron chi connectivity index (χ4n) is 11.4. The number of aliphatic hydroxyl groups excluding tert-OH is 2. The van der Waals surface area contributed by atoms with Gasteiger partial charge in [0.15, 0.2) is 49.2 Å². The molecule has 10 rings (SSSR count). The highest BCUT2D eigenvalue weighted by Gasteiger charge is 2.31. The van der Waals surface area contributed by atoms with Crippen molar-refractivity contribution in [1.29, 1.82) is 0 Å². The minimum Gasteiger partial charge on any atom is -0.399 e. The van der Waals surface area contributed by atoms with Crippen LogP contribution in [-0.2, 0) is 133 Å². The van der Waals surface area contributed by atoms with E-state index in [1.54, 1.807) is 49.4 Å². The van der Waals surface area contributed by atoms with E-state index in [0.29, 0.717) is 37.4 Å². The van der Waals surface area contributed by atoms with Crippen LogP contribution in [0.2, 0.25) is 10.0 Å². The zero-order valence-electron chi connectivity index (χ0n) is 74.0. The van der Waals surface area contributed by atoms with Gasteiger partial charge < -0.3 is 99.9 Å². The fraction of sp³-hybridized carbons (Fsp3) is 0.231. The van der Waals surface area contributed by atoms with Crippen LogP contribution in [0.3, 0.4) is 0 Å². The summed E-state index contributed by atoms with van der Waals surface area (Å²) >= 11 is 11.7. The van der Waals surface area contributed by atoms with Gasteiger partial charge in [-0.05, 0) is 178 Å². The van der Waals surface area contributed by atoms with Crippen molar-refractivity contribution in [1.82, 2.24) is 0 Å². The van der Waals surface area contributed by atoms with Gasteiger partial charge >= 0.3 is 31.2 Å². The number of benzene rings is 10. The first kappa shape index (κ1) is 121. The van der Waals surface area contributed by atoms with Crippen LogP contribution >= 0.6 is 23.2 Å². The number of halogens is 2. The SMILES string of the molecule is CC(N)CNc1ccc(N)cc1S(=O)(=O)CCOS(=O)(=O)O.NCCCNc1ccc(N)cc1S(=O)(=O)CCOS(=O)(=O)O.Nc1cc(S(=O)(=O)c2ccccc2)c(N)cc1Cl.Nc1ccc(N)c(S(=O)(=O)c2ccccc2)c1Cl.Nc1ccc(Nc2ccc(N)c(S(=O)(=O)O)c2)c(S(=O)(=O)CCOS(=O)(=O)O)c1.Nc1ccc(Nc2ccc(NCCO)c(S(=O)(=O)CCO)c2)c(S(=O)(=O)CCS(=O)(=O)O)c1. The topological polar surface area (TPSA) is 925 Å². The summed E-state index contributed by atoms with van der Waals surface area (Å²) in [6.45, 7) is -0.0278. The lowest BCUT2D eigenvalue weighted by atomic mass is 10.2. The maximum absolute atomic E-state index is 12.7. The van der Waals surface area contributed by atoms with Gasteiger partial charge in [-0.1, -0.05) is 59.6 Å². The normalized spacial score (nSPS) is 12.4. The molecule has 1 atom stereocenters. The molecule has 0 aliphatic carbocycles. The van der Waals surface area contributed by atoms with Crippen molar-refractivity contribution in [2.75, 3.05) is 172 Å². The van der Waals surface area contributed by atoms with Crippen LogP contribution in [-0.4, -0.2) is 234 Å². The van der Waals surface area contributed by atoms with E-state index in [2.05, 4.69) is 39.1 Å². The predicted molar refractivity (Wildman–Crippen MR) is 538 cm³/mol. The Morgan fingerprint density at radius 3 is 1.08 bits per heavy atom. The van der Waals surface area contributed by atoms with Gasteiger partial charge in [-0.3, -0.25) is 22.8 Å². The van der Waals surface area contributed by atoms with Crippen molar-refractivity contribution in [2.24, 2.45) is 11.5 Å². The third-order valence-corrected chi connectivity index (χ3v) is 34.4. The molecule has 10 aromatic rings. The number of hydrogen-bond acceptors (Lipinski definition) is 45. The molecule has 10 aromatic carbocycles. The third kappa shape index (κ3) is 38.9. The summed E-state index contributed by atoms with van der Waals surface area (Å²) in [5.41, 5.74) is 63.7. The molecule has 0 aliphatic heterocycles. The molecule has 0 saturated carbocycles. The first-order chi connectivity index (χ1) is 65.5. The maximum Gasteiger partial charge on any atom is 0.397 e. The number of nitrogens with two attached hydrogens (primary N) is 11. The van der Waals surface area contributed by atoms with Gasteiger partial charge in [0.1, 0.15) is 9.79 Å². The molecule has 50 nitrogen and oxygen atoms in total. The fourth-order valence-corrected chi connectivity index (χ4v) is 24.6. The Hall–Kier alpha value is -11.1. The molecule has 0 aromatic heterocycles. The summed E-state index contributed by atoms with van der Waals surface area (Å²) in [4.78, 5) is -1.47. The Morgan fingerprint density at radius 1 is 0.338 bits per heavy atom. The number of sulfone groups is 7. The number of rotatable bonds is 41. The van der Waals surface area contributed by atoms with E-state index in [9.17, 15) is 106 Å². The molecule has 0 saturated heterocycles. The molecule has 0 spiro atoms. The van der Waals surface area contributed by atoms with E-state index in [1.165, 1.54) is 133 Å². The summed E-state index contributed by atoms with van der Waals surface area (Å²) in [5, 5.41) is 32.4. The summed E-state index contributed by atoms with van der Waals surface area (Å²) in [6, 6.07) is 45.1. The minimum atomic E-state index is -4.82. The van der Waals surface area contributed by atoms with Crippen molar-refractivity contribution in [3.8, 4) is 0 Å². The third-order valence-electron chi connectivity index (χ3n) is 17.9. The molecule has 0 amide bonds. The van der Waals surface area contributed by atoms with Crippen molar-refractivity contribution in [2.45, 2.75) is 68.3 Å². The van der Waals surface area contributed by atoms with Crippen LogP contribution in [0.15, 0.2) is 243 Å². The maximum atomic E-state index is 12.7. The highest BCUT2D eigenvalue weighted by Crippen LogP contribution is 2.39. The first-order valence-electron chi connectivity index (χ1n) is 39.8. The summed E-state index contributed by atoms with van der Waals surface area (Å²) in [6.07, 6.45) is 0.649. The van der Waals surface area contributed by atoms with Crippen LogP contribution < -0.4 is 89.7 Å². The summed E-state index contributed by atoms with van der Waals surface area (Å²) in [5.74, 6) is -4.53. The molecule has 1 unspecified atom stereocenters. The largest absolute Gasteiger partial charge is 0.399 e. The molecule has 0 aliphatic rings. The van der Waals surface area contributed by atoms with Crippen LogP contribution in [0.4, 0.5) is 91.0 Å². The second kappa shape index (κ2) is 51.9. The van der Waals surface area contributed by atoms with Gasteiger partial charge in [-0.25, -0.2) is 71.5 Å². The Labute approximate surface area is 830 Å². The van der Waals surface area contributed by atoms with E-state index in [-0.39, 0.29) is 153 Å². The number of aliphatic hydroxyl groups is 2. The number of hydrogen-bond donors (Lipinski definition) is 23. The van der Waals surface area contributed by atoms with Crippen molar-refractivity contribution in [3.05, 3.63) is 204 Å². The lowest BCUT2D eigenvalue weighted by Gasteiger charge is -2.16. The van der Waals surface area contributed by atoms with Crippen LogP contribution in [0.5, 0.6) is 0 Å². The molecule has 0 heterocycles. The van der Waals surface area contributed by atoms with Gasteiger partial charge in [0, 0.05) is 59.8 Å². The average molecular weight is 2260 g/mol. The number of anilines is 16. The lowest BCUT2D eigenvalue weighted by Crippen LogP contribution is -2.26. The zero-order chi connectivity index (χ0) is 107. The molecule has 0 bridgehead atoms. The highest BCUT2D eigenvalue weighted by molar-refractivity contribution is 7.94. The van der Waals surface area contributed by atoms with Crippen LogP contribution in [0.1, 0.15) is 13.3 Å². The van der Waals surface area contributed by atoms with Gasteiger partial charge in [0.05, 0.1) is 174 Å². The second-order valence-electron chi connectivity index (χ2n) is 29.1. The lowest BCUT2D eigenvalue weighted by molar-refractivity contribution is 0.282. The second-order valence-corrected chi connectivity index (χ2v) is 50.3. The van der Waals surface area contributed by atoms with Crippen LogP contribution in [0.25, 0.3) is 0 Å². The van der Waals surface area contributed by atoms with Gasteiger partial charge in [-0.15, -0.1) is 0 Å². The summed E-state index contributed by atoms with van der Waals surface area (Å²) < 4.78 is 337. The van der Waals surface area contributed by atoms with E-state index in [0.717, 1.165) is 18.2 Å². The van der Waals surface area contributed by atoms with E-state index in [1.807, 2.05) is 0 Å². The molecular weight excluding hydrogens is 2160 g/mol. The summed E-state index contributed by atoms with van der Waals surface area (Å²) in [7, 11) is -50.8. The van der Waals surface area contributed by atoms with E-state index in [4.69, 9.17) is 115 Å². The molecule has 142 heavy (non-hydrogen) atoms. The molecule has 64 heteroatoms. The van der Waals surface area contributed by atoms with Gasteiger partial charge in [-0.2, -0.15) is 42.1 Å². The average Bonchev–Trinajstić information content (AvgIpc) is 0.777. The molecule has 784 valence electrons. The smallest absolute Gasteiger partial charge is 0.397 e. The molecular formula is C78H102Cl2N16O34S12. The Bertz CT molecular complexity index is 7630. The standard InChI is InChI=1S/C18H25N3O9S3.C14H17N3O9S3.2C12H11ClN2O2S.2C11H19N3O6S2/c19-13-1-3-16(17(11-13)32(26,27)9-10-33(28,29)30)21-14-2-4-15(20-5-6-22)18(12-14)31(24,25)8-7-23;15-9-1-4-12(14(7-9)27(18,19)6-5-26-29(23,24)25)17-10-2-3-11(16)13(8-10)28(20,21)22;13-9-6-11(15)12(7-10(9)14)18(16,17)8-4-2-1-3-5-8;13-11-9(14)6-7-10(15)12(11)18(16,17)8-4-2-1-3-5-8;1-8(12)7-14-10-3-2-9(13)6-11(10)21(15,16)5-4-20-22(17,18)19;12-4-1-5-14-10-3-2-9(13)8-11(10)21(15,16)7-6-20-22(17,18)19/h1-4,11-12,20-23H,5-10,19H2,(H,28,29,30);1-4,7-8,17H,5-6,15-16H2,(H,20,21,22)(H,23,24,25);2*1-7H,14-15H2;2-3,6,8,14H,4-5,7,12-13H2,1H3,(H,17,18,19);2-3,8,14H,1,4-7,12-13H2,(H,17,18,19). The highest BCUT2D eigenvalue weighted by atomic mass is 35.5. The molecule has 34 N–H and O–H groups in total. The van der Waals surface area contributed by atoms with Crippen molar-refractivity contribution >= 4 is 234 Å². The number of nitrogen functional groups attached to an aromatic ring is 9.